The van der Waals surface area contributed by atoms with Crippen molar-refractivity contribution in [2.45, 2.75) is 51.6 Å². The largest absolute Gasteiger partial charge is 0.489 e. The number of fused-ring (bicyclic) bond motifs is 1. The SMILES string of the molecule is COC(=O)C[C@@H](c1ccc(OCc2cc(C)c3c(c2)CCCC3)cc1)c1nncn1C. The first-order valence-electron chi connectivity index (χ1n) is 10.8. The molecule has 0 N–H and O–H groups in total. The number of ether oxygens (including phenoxy) is 2. The molecule has 162 valence electrons. The van der Waals surface area contributed by atoms with Gasteiger partial charge in [-0.1, -0.05) is 24.3 Å². The van der Waals surface area contributed by atoms with Gasteiger partial charge in [0.1, 0.15) is 24.5 Å². The molecule has 0 saturated heterocycles. The summed E-state index contributed by atoms with van der Waals surface area (Å²) < 4.78 is 12.8. The van der Waals surface area contributed by atoms with Gasteiger partial charge in [0.15, 0.2) is 0 Å². The van der Waals surface area contributed by atoms with E-state index in [0.717, 1.165) is 17.1 Å². The number of aryl methyl sites for hydroxylation is 3. The molecule has 0 fully saturated rings. The Hall–Kier alpha value is -3.15. The lowest BCUT2D eigenvalue weighted by Gasteiger charge is -2.20. The maximum atomic E-state index is 12.0. The van der Waals surface area contributed by atoms with Crippen molar-refractivity contribution in [3.63, 3.8) is 0 Å². The first-order chi connectivity index (χ1) is 15.0. The Morgan fingerprint density at radius 2 is 1.94 bits per heavy atom. The van der Waals surface area contributed by atoms with Crippen LogP contribution in [0.1, 0.15) is 58.8 Å². The van der Waals surface area contributed by atoms with Gasteiger partial charge in [-0.05, 0) is 72.6 Å². The van der Waals surface area contributed by atoms with Crippen molar-refractivity contribution in [1.29, 1.82) is 0 Å². The van der Waals surface area contributed by atoms with Crippen molar-refractivity contribution in [3.8, 4) is 5.75 Å². The third-order valence-corrected chi connectivity index (χ3v) is 6.09. The number of hydrogen-bond donors (Lipinski definition) is 0. The number of carbonyl (C=O) groups excluding carboxylic acids is 1. The second-order valence-corrected chi connectivity index (χ2v) is 8.25. The topological polar surface area (TPSA) is 66.2 Å². The van der Waals surface area contributed by atoms with E-state index in [1.54, 1.807) is 6.33 Å². The fourth-order valence-corrected chi connectivity index (χ4v) is 4.43. The highest BCUT2D eigenvalue weighted by Crippen LogP contribution is 2.29. The molecular weight excluding hydrogens is 390 g/mol. The van der Waals surface area contributed by atoms with E-state index in [1.165, 1.54) is 55.0 Å². The van der Waals surface area contributed by atoms with E-state index in [1.807, 2.05) is 35.9 Å². The van der Waals surface area contributed by atoms with Crippen LogP contribution in [0.3, 0.4) is 0 Å². The summed E-state index contributed by atoms with van der Waals surface area (Å²) in [6.45, 7) is 2.75. The van der Waals surface area contributed by atoms with Gasteiger partial charge in [-0.25, -0.2) is 0 Å². The highest BCUT2D eigenvalue weighted by atomic mass is 16.5. The highest BCUT2D eigenvalue weighted by Gasteiger charge is 2.23. The minimum absolute atomic E-state index is 0.206. The molecule has 1 aliphatic rings. The molecule has 31 heavy (non-hydrogen) atoms. The maximum absolute atomic E-state index is 12.0. The van der Waals surface area contributed by atoms with Gasteiger partial charge in [-0.2, -0.15) is 0 Å². The van der Waals surface area contributed by atoms with E-state index in [-0.39, 0.29) is 18.3 Å². The smallest absolute Gasteiger partial charge is 0.306 e. The van der Waals surface area contributed by atoms with Gasteiger partial charge < -0.3 is 14.0 Å². The van der Waals surface area contributed by atoms with Crippen molar-refractivity contribution >= 4 is 5.97 Å². The van der Waals surface area contributed by atoms with E-state index >= 15 is 0 Å². The van der Waals surface area contributed by atoms with Crippen LogP contribution in [0.2, 0.25) is 0 Å². The summed E-state index contributed by atoms with van der Waals surface area (Å²) in [6, 6.07) is 12.4. The predicted octanol–water partition coefficient (Wildman–Crippen LogP) is 4.28. The van der Waals surface area contributed by atoms with Crippen LogP contribution >= 0.6 is 0 Å². The number of carbonyl (C=O) groups is 1. The van der Waals surface area contributed by atoms with Gasteiger partial charge in [0.2, 0.25) is 0 Å². The number of benzene rings is 2. The second-order valence-electron chi connectivity index (χ2n) is 8.25. The summed E-state index contributed by atoms with van der Waals surface area (Å²) in [6.07, 6.45) is 6.78. The molecule has 6 heteroatoms. The molecule has 0 aliphatic heterocycles. The lowest BCUT2D eigenvalue weighted by molar-refractivity contribution is -0.140. The van der Waals surface area contributed by atoms with Gasteiger partial charge >= 0.3 is 5.97 Å². The molecule has 0 spiro atoms. The van der Waals surface area contributed by atoms with Crippen molar-refractivity contribution in [1.82, 2.24) is 14.8 Å². The molecule has 3 aromatic rings. The van der Waals surface area contributed by atoms with Crippen molar-refractivity contribution in [2.24, 2.45) is 7.05 Å². The summed E-state index contributed by atoms with van der Waals surface area (Å²) in [5.41, 5.74) is 6.57. The number of nitrogens with zero attached hydrogens (tertiary/aromatic N) is 3. The zero-order chi connectivity index (χ0) is 21.8. The Balaban J connectivity index is 1.48. The molecule has 0 bridgehead atoms. The zero-order valence-electron chi connectivity index (χ0n) is 18.4. The summed E-state index contributed by atoms with van der Waals surface area (Å²) >= 11 is 0. The minimum Gasteiger partial charge on any atom is -0.489 e. The zero-order valence-corrected chi connectivity index (χ0v) is 18.4. The number of esters is 1. The van der Waals surface area contributed by atoms with Crippen LogP contribution in [0.15, 0.2) is 42.7 Å². The lowest BCUT2D eigenvalue weighted by Crippen LogP contribution is -2.14. The molecule has 2 aromatic carbocycles. The molecule has 0 saturated carbocycles. The van der Waals surface area contributed by atoms with Gasteiger partial charge in [0, 0.05) is 7.05 Å². The average Bonchev–Trinajstić information content (AvgIpc) is 3.22. The summed E-state index contributed by atoms with van der Waals surface area (Å²) in [5.74, 6) is 1.02. The predicted molar refractivity (Wildman–Crippen MR) is 118 cm³/mol. The molecule has 1 aliphatic carbocycles. The van der Waals surface area contributed by atoms with Crippen LogP contribution in [0.5, 0.6) is 5.75 Å². The Kier molecular flexibility index (Phi) is 6.35. The fraction of sp³-hybridized carbons (Fsp3) is 0.400. The maximum Gasteiger partial charge on any atom is 0.306 e. The molecule has 0 amide bonds. The Morgan fingerprint density at radius 3 is 2.65 bits per heavy atom. The fourth-order valence-electron chi connectivity index (χ4n) is 4.43. The molecule has 1 atom stereocenters. The summed E-state index contributed by atoms with van der Waals surface area (Å²) in [7, 11) is 3.27. The Labute approximate surface area is 183 Å². The van der Waals surface area contributed by atoms with Crippen LogP contribution < -0.4 is 4.74 Å². The van der Waals surface area contributed by atoms with Crippen molar-refractivity contribution in [2.75, 3.05) is 7.11 Å². The van der Waals surface area contributed by atoms with Crippen LogP contribution in [0.4, 0.5) is 0 Å². The van der Waals surface area contributed by atoms with Gasteiger partial charge in [-0.15, -0.1) is 10.2 Å². The van der Waals surface area contributed by atoms with E-state index < -0.39 is 0 Å². The molecule has 6 nitrogen and oxygen atoms in total. The van der Waals surface area contributed by atoms with Gasteiger partial charge in [0.05, 0.1) is 19.4 Å². The standard InChI is InChI=1S/C25H29N3O3/c1-17-12-18(13-20-6-4-5-7-22(17)20)15-31-21-10-8-19(9-11-21)23(14-24(29)30-3)25-27-26-16-28(25)2/h8-13,16,23H,4-7,14-15H2,1-3H3/t23-/m0/s1. The van der Waals surface area contributed by atoms with Crippen LogP contribution in [0.25, 0.3) is 0 Å². The monoisotopic (exact) mass is 419 g/mol. The van der Waals surface area contributed by atoms with Crippen LogP contribution in [0, 0.1) is 6.92 Å². The summed E-state index contributed by atoms with van der Waals surface area (Å²) in [4.78, 5) is 12.0. The normalized spacial score (nSPS) is 14.0. The van der Waals surface area contributed by atoms with Crippen LogP contribution in [-0.2, 0) is 36.0 Å². The third-order valence-electron chi connectivity index (χ3n) is 6.09. The first kappa shape index (κ1) is 21.1. The summed E-state index contributed by atoms with van der Waals surface area (Å²) in [5, 5.41) is 8.15. The molecule has 0 radical (unpaired) electrons. The van der Waals surface area contributed by atoms with E-state index in [0.29, 0.717) is 6.61 Å². The average molecular weight is 420 g/mol. The van der Waals surface area contributed by atoms with Gasteiger partial charge in [-0.3, -0.25) is 4.79 Å². The van der Waals surface area contributed by atoms with Crippen molar-refractivity contribution in [3.05, 3.63) is 76.4 Å². The molecule has 1 heterocycles. The van der Waals surface area contributed by atoms with Gasteiger partial charge in [0.25, 0.3) is 0 Å². The molecule has 1 aromatic heterocycles. The number of hydrogen-bond acceptors (Lipinski definition) is 5. The molecule has 0 unspecified atom stereocenters. The number of methoxy groups -OCH3 is 1. The molecular formula is C25H29N3O3. The Morgan fingerprint density at radius 1 is 1.16 bits per heavy atom. The first-order valence-corrected chi connectivity index (χ1v) is 10.8. The molecule has 4 rings (SSSR count). The van der Waals surface area contributed by atoms with Crippen molar-refractivity contribution < 1.29 is 14.3 Å². The quantitative estimate of drug-likeness (QED) is 0.535. The van der Waals surface area contributed by atoms with E-state index in [4.69, 9.17) is 9.47 Å². The highest BCUT2D eigenvalue weighted by molar-refractivity contribution is 5.71. The van der Waals surface area contributed by atoms with E-state index in [2.05, 4.69) is 29.3 Å². The Bertz CT molecular complexity index is 1060. The third kappa shape index (κ3) is 4.79. The number of rotatable bonds is 7. The number of aromatic nitrogens is 3. The second kappa shape index (κ2) is 9.33. The van der Waals surface area contributed by atoms with E-state index in [9.17, 15) is 4.79 Å². The van der Waals surface area contributed by atoms with Crippen LogP contribution in [-0.4, -0.2) is 27.8 Å². The lowest BCUT2D eigenvalue weighted by atomic mass is 9.87. The minimum atomic E-state index is -0.281.